The van der Waals surface area contributed by atoms with E-state index in [1.807, 2.05) is 24.3 Å². The SMILES string of the molecule is CN1CCC(NC(=O)c2ccccc2I)C1. The average molecular weight is 330 g/mol. The van der Waals surface area contributed by atoms with Gasteiger partial charge < -0.3 is 10.2 Å². The second kappa shape index (κ2) is 5.14. The fourth-order valence-electron chi connectivity index (χ4n) is 1.96. The first kappa shape index (κ1) is 11.9. The van der Waals surface area contributed by atoms with Crippen LogP contribution < -0.4 is 5.32 Å². The van der Waals surface area contributed by atoms with Gasteiger partial charge in [-0.1, -0.05) is 12.1 Å². The van der Waals surface area contributed by atoms with Gasteiger partial charge in [-0.05, 0) is 54.7 Å². The van der Waals surface area contributed by atoms with E-state index in [9.17, 15) is 4.79 Å². The highest BCUT2D eigenvalue weighted by molar-refractivity contribution is 14.1. The van der Waals surface area contributed by atoms with Gasteiger partial charge in [0.1, 0.15) is 0 Å². The Balaban J connectivity index is 2.01. The van der Waals surface area contributed by atoms with Crippen LogP contribution in [0.2, 0.25) is 0 Å². The molecule has 1 aliphatic heterocycles. The molecular formula is C12H15IN2O. The van der Waals surface area contributed by atoms with Crippen molar-refractivity contribution in [1.82, 2.24) is 10.2 Å². The van der Waals surface area contributed by atoms with E-state index >= 15 is 0 Å². The summed E-state index contributed by atoms with van der Waals surface area (Å²) in [5.74, 6) is 0.0466. The van der Waals surface area contributed by atoms with E-state index in [0.29, 0.717) is 6.04 Å². The first-order valence-corrected chi connectivity index (χ1v) is 6.48. The van der Waals surface area contributed by atoms with E-state index in [1.165, 1.54) is 0 Å². The van der Waals surface area contributed by atoms with Crippen molar-refractivity contribution in [2.45, 2.75) is 12.5 Å². The van der Waals surface area contributed by atoms with Gasteiger partial charge in [0.25, 0.3) is 5.91 Å². The molecule has 1 saturated heterocycles. The molecule has 1 N–H and O–H groups in total. The smallest absolute Gasteiger partial charge is 0.252 e. The predicted octanol–water partition coefficient (Wildman–Crippen LogP) is 1.73. The second-order valence-corrected chi connectivity index (χ2v) is 5.36. The van der Waals surface area contributed by atoms with E-state index in [2.05, 4.69) is 39.9 Å². The fourth-order valence-corrected chi connectivity index (χ4v) is 2.59. The summed E-state index contributed by atoms with van der Waals surface area (Å²) in [5.41, 5.74) is 0.776. The Bertz CT molecular complexity index is 394. The van der Waals surface area contributed by atoms with Crippen LogP contribution in [-0.2, 0) is 0 Å². The molecule has 0 bridgehead atoms. The molecule has 4 heteroatoms. The second-order valence-electron chi connectivity index (χ2n) is 4.20. The van der Waals surface area contributed by atoms with Crippen LogP contribution in [0.15, 0.2) is 24.3 Å². The average Bonchev–Trinajstić information content (AvgIpc) is 2.64. The molecule has 86 valence electrons. The standard InChI is InChI=1S/C12H15IN2O/c1-15-7-6-9(8-15)14-12(16)10-4-2-3-5-11(10)13/h2-5,9H,6-8H2,1H3,(H,14,16). The minimum absolute atomic E-state index is 0.0466. The third kappa shape index (κ3) is 2.74. The molecule has 1 aliphatic rings. The van der Waals surface area contributed by atoms with Crippen molar-refractivity contribution in [1.29, 1.82) is 0 Å². The van der Waals surface area contributed by atoms with Crippen molar-refractivity contribution in [3.05, 3.63) is 33.4 Å². The maximum absolute atomic E-state index is 12.0. The number of hydrogen-bond acceptors (Lipinski definition) is 2. The molecule has 1 aromatic carbocycles. The van der Waals surface area contributed by atoms with Crippen molar-refractivity contribution in [3.63, 3.8) is 0 Å². The van der Waals surface area contributed by atoms with Gasteiger partial charge in [0.2, 0.25) is 0 Å². The molecule has 0 aliphatic carbocycles. The highest BCUT2D eigenvalue weighted by Gasteiger charge is 2.21. The molecular weight excluding hydrogens is 315 g/mol. The number of nitrogens with zero attached hydrogens (tertiary/aromatic N) is 1. The lowest BCUT2D eigenvalue weighted by molar-refractivity contribution is 0.0937. The van der Waals surface area contributed by atoms with Crippen LogP contribution in [0.3, 0.4) is 0 Å². The zero-order valence-corrected chi connectivity index (χ0v) is 11.4. The van der Waals surface area contributed by atoms with E-state index in [-0.39, 0.29) is 5.91 Å². The molecule has 1 atom stereocenters. The summed E-state index contributed by atoms with van der Waals surface area (Å²) in [4.78, 5) is 14.2. The number of carbonyl (C=O) groups excluding carboxylic acids is 1. The van der Waals surface area contributed by atoms with E-state index in [1.54, 1.807) is 0 Å². The molecule has 0 saturated carbocycles. The third-order valence-corrected chi connectivity index (χ3v) is 3.79. The molecule has 1 fully saturated rings. The van der Waals surface area contributed by atoms with E-state index < -0.39 is 0 Å². The number of likely N-dealkylation sites (N-methyl/N-ethyl adjacent to an activating group) is 1. The molecule has 0 aromatic heterocycles. The number of rotatable bonds is 2. The Labute approximate surface area is 109 Å². The van der Waals surface area contributed by atoms with Gasteiger partial charge in [0, 0.05) is 16.2 Å². The highest BCUT2D eigenvalue weighted by Crippen LogP contribution is 2.13. The van der Waals surface area contributed by atoms with Crippen molar-refractivity contribution in [2.24, 2.45) is 0 Å². The Morgan fingerprint density at radius 3 is 2.88 bits per heavy atom. The summed E-state index contributed by atoms with van der Waals surface area (Å²) in [6.07, 6.45) is 1.05. The lowest BCUT2D eigenvalue weighted by Gasteiger charge is -2.13. The molecule has 16 heavy (non-hydrogen) atoms. The fraction of sp³-hybridized carbons (Fsp3) is 0.417. The molecule has 1 aromatic rings. The largest absolute Gasteiger partial charge is 0.348 e. The third-order valence-electron chi connectivity index (χ3n) is 2.85. The summed E-state index contributed by atoms with van der Waals surface area (Å²) >= 11 is 2.19. The molecule has 0 spiro atoms. The lowest BCUT2D eigenvalue weighted by atomic mass is 10.2. The van der Waals surface area contributed by atoms with Crippen LogP contribution in [0.1, 0.15) is 16.8 Å². The zero-order valence-electron chi connectivity index (χ0n) is 9.24. The Morgan fingerprint density at radius 2 is 2.25 bits per heavy atom. The maximum atomic E-state index is 12.0. The van der Waals surface area contributed by atoms with Crippen LogP contribution in [0, 0.1) is 3.57 Å². The molecule has 1 amide bonds. The lowest BCUT2D eigenvalue weighted by Crippen LogP contribution is -2.36. The van der Waals surface area contributed by atoms with Crippen LogP contribution in [-0.4, -0.2) is 37.0 Å². The first-order valence-electron chi connectivity index (χ1n) is 5.41. The van der Waals surface area contributed by atoms with Crippen LogP contribution in [0.4, 0.5) is 0 Å². The Morgan fingerprint density at radius 1 is 1.50 bits per heavy atom. The van der Waals surface area contributed by atoms with E-state index in [4.69, 9.17) is 0 Å². The predicted molar refractivity (Wildman–Crippen MR) is 72.5 cm³/mol. The van der Waals surface area contributed by atoms with Crippen LogP contribution in [0.5, 0.6) is 0 Å². The number of nitrogens with one attached hydrogen (secondary N) is 1. The summed E-state index contributed by atoms with van der Waals surface area (Å²) in [7, 11) is 2.08. The molecule has 2 rings (SSSR count). The number of halogens is 1. The van der Waals surface area contributed by atoms with Gasteiger partial charge in [0.15, 0.2) is 0 Å². The van der Waals surface area contributed by atoms with Gasteiger partial charge in [-0.25, -0.2) is 0 Å². The van der Waals surface area contributed by atoms with Gasteiger partial charge in [-0.3, -0.25) is 4.79 Å². The number of amides is 1. The summed E-state index contributed by atoms with van der Waals surface area (Å²) < 4.78 is 1.00. The topological polar surface area (TPSA) is 32.3 Å². The Hall–Kier alpha value is -0.620. The van der Waals surface area contributed by atoms with Crippen molar-refractivity contribution < 1.29 is 4.79 Å². The zero-order chi connectivity index (χ0) is 11.5. The monoisotopic (exact) mass is 330 g/mol. The summed E-state index contributed by atoms with van der Waals surface area (Å²) in [6.45, 7) is 2.02. The normalized spacial score (nSPS) is 21.0. The summed E-state index contributed by atoms with van der Waals surface area (Å²) in [6, 6.07) is 7.97. The minimum atomic E-state index is 0.0466. The van der Waals surface area contributed by atoms with E-state index in [0.717, 1.165) is 28.6 Å². The molecule has 1 heterocycles. The van der Waals surface area contributed by atoms with Crippen molar-refractivity contribution in [3.8, 4) is 0 Å². The Kier molecular flexibility index (Phi) is 3.81. The first-order chi connectivity index (χ1) is 7.66. The van der Waals surface area contributed by atoms with Gasteiger partial charge >= 0.3 is 0 Å². The quantitative estimate of drug-likeness (QED) is 0.838. The van der Waals surface area contributed by atoms with Gasteiger partial charge in [-0.15, -0.1) is 0 Å². The molecule has 0 radical (unpaired) electrons. The highest BCUT2D eigenvalue weighted by atomic mass is 127. The number of hydrogen-bond donors (Lipinski definition) is 1. The number of likely N-dealkylation sites (tertiary alicyclic amines) is 1. The van der Waals surface area contributed by atoms with Crippen LogP contribution >= 0.6 is 22.6 Å². The number of benzene rings is 1. The van der Waals surface area contributed by atoms with Gasteiger partial charge in [-0.2, -0.15) is 0 Å². The minimum Gasteiger partial charge on any atom is -0.348 e. The maximum Gasteiger partial charge on any atom is 0.252 e. The summed E-state index contributed by atoms with van der Waals surface area (Å²) in [5, 5.41) is 3.08. The number of carbonyl (C=O) groups is 1. The van der Waals surface area contributed by atoms with Crippen molar-refractivity contribution >= 4 is 28.5 Å². The van der Waals surface area contributed by atoms with Crippen molar-refractivity contribution in [2.75, 3.05) is 20.1 Å². The molecule has 3 nitrogen and oxygen atoms in total. The van der Waals surface area contributed by atoms with Crippen LogP contribution in [0.25, 0.3) is 0 Å². The van der Waals surface area contributed by atoms with Gasteiger partial charge in [0.05, 0.1) is 5.56 Å². The molecule has 1 unspecified atom stereocenters.